The summed E-state index contributed by atoms with van der Waals surface area (Å²) in [5.41, 5.74) is 12.0. The van der Waals surface area contributed by atoms with Gasteiger partial charge in [-0.25, -0.2) is 0 Å². The first-order valence-corrected chi connectivity index (χ1v) is 8.83. The number of anilines is 2. The SMILES string of the molecule is CCN(Cc1ccc(OC)c(OC)c1)C(=O)CSc1nc(N)nc(N)n1. The lowest BCUT2D eigenvalue weighted by Gasteiger charge is -2.21. The molecule has 0 spiro atoms. The smallest absolute Gasteiger partial charge is 0.233 e. The van der Waals surface area contributed by atoms with Crippen molar-refractivity contribution in [3.63, 3.8) is 0 Å². The maximum atomic E-state index is 12.5. The first kappa shape index (κ1) is 19.6. The van der Waals surface area contributed by atoms with Crippen molar-refractivity contribution in [2.75, 3.05) is 38.0 Å². The van der Waals surface area contributed by atoms with Crippen LogP contribution in [0.15, 0.2) is 23.4 Å². The summed E-state index contributed by atoms with van der Waals surface area (Å²) in [6.07, 6.45) is 0. The minimum absolute atomic E-state index is 0.0325. The number of hydrogen-bond acceptors (Lipinski definition) is 9. The third-order valence-corrected chi connectivity index (χ3v) is 4.36. The van der Waals surface area contributed by atoms with Gasteiger partial charge in [-0.3, -0.25) is 4.79 Å². The molecule has 0 aliphatic rings. The number of nitrogen functional groups attached to an aromatic ring is 2. The fraction of sp³-hybridized carbons (Fsp3) is 0.375. The average Bonchev–Trinajstić information content (AvgIpc) is 2.63. The normalized spacial score (nSPS) is 10.4. The molecular formula is C16H22N6O3S. The van der Waals surface area contributed by atoms with Crippen LogP contribution < -0.4 is 20.9 Å². The van der Waals surface area contributed by atoms with E-state index in [2.05, 4.69) is 15.0 Å². The highest BCUT2D eigenvalue weighted by Crippen LogP contribution is 2.28. The third-order valence-electron chi connectivity index (χ3n) is 3.53. The molecule has 140 valence electrons. The van der Waals surface area contributed by atoms with Gasteiger partial charge in [-0.15, -0.1) is 0 Å². The summed E-state index contributed by atoms with van der Waals surface area (Å²) in [7, 11) is 3.16. The monoisotopic (exact) mass is 378 g/mol. The van der Waals surface area contributed by atoms with E-state index in [9.17, 15) is 4.79 Å². The maximum Gasteiger partial charge on any atom is 0.233 e. The van der Waals surface area contributed by atoms with Crippen LogP contribution in [-0.2, 0) is 11.3 Å². The number of hydrogen-bond donors (Lipinski definition) is 2. The van der Waals surface area contributed by atoms with Gasteiger partial charge >= 0.3 is 0 Å². The molecule has 2 rings (SSSR count). The number of nitrogens with two attached hydrogens (primary N) is 2. The summed E-state index contributed by atoms with van der Waals surface area (Å²) in [5, 5.41) is 0.325. The van der Waals surface area contributed by atoms with Crippen molar-refractivity contribution in [2.24, 2.45) is 0 Å². The Balaban J connectivity index is 2.02. The Kier molecular flexibility index (Phi) is 6.84. The number of aromatic nitrogens is 3. The number of benzene rings is 1. The molecule has 9 nitrogen and oxygen atoms in total. The first-order chi connectivity index (χ1) is 12.5. The summed E-state index contributed by atoms with van der Waals surface area (Å²) in [6.45, 7) is 2.94. The molecule has 1 amide bonds. The summed E-state index contributed by atoms with van der Waals surface area (Å²) >= 11 is 1.17. The van der Waals surface area contributed by atoms with E-state index in [1.54, 1.807) is 19.1 Å². The summed E-state index contributed by atoms with van der Waals surface area (Å²) in [5.74, 6) is 1.45. The zero-order chi connectivity index (χ0) is 19.1. The lowest BCUT2D eigenvalue weighted by molar-refractivity contribution is -0.128. The number of carbonyl (C=O) groups is 1. The molecule has 10 heteroatoms. The number of carbonyl (C=O) groups excluding carboxylic acids is 1. The zero-order valence-electron chi connectivity index (χ0n) is 14.9. The average molecular weight is 378 g/mol. The molecule has 1 heterocycles. The van der Waals surface area contributed by atoms with Gasteiger partial charge in [0.05, 0.1) is 20.0 Å². The number of rotatable bonds is 8. The van der Waals surface area contributed by atoms with E-state index in [1.165, 1.54) is 11.8 Å². The van der Waals surface area contributed by atoms with Gasteiger partial charge in [0, 0.05) is 13.1 Å². The predicted molar refractivity (Wildman–Crippen MR) is 100 cm³/mol. The van der Waals surface area contributed by atoms with Crippen LogP contribution in [0, 0.1) is 0 Å². The second-order valence-electron chi connectivity index (χ2n) is 5.22. The van der Waals surface area contributed by atoms with Crippen molar-refractivity contribution in [1.82, 2.24) is 19.9 Å². The Morgan fingerprint density at radius 1 is 1.12 bits per heavy atom. The van der Waals surface area contributed by atoms with Crippen molar-refractivity contribution in [2.45, 2.75) is 18.6 Å². The van der Waals surface area contributed by atoms with Crippen LogP contribution in [0.5, 0.6) is 11.5 Å². The Labute approximate surface area is 156 Å². The largest absolute Gasteiger partial charge is 0.493 e. The summed E-state index contributed by atoms with van der Waals surface area (Å²) in [4.78, 5) is 25.8. The second-order valence-corrected chi connectivity index (χ2v) is 6.16. The van der Waals surface area contributed by atoms with Crippen molar-refractivity contribution < 1.29 is 14.3 Å². The molecule has 0 bridgehead atoms. The van der Waals surface area contributed by atoms with E-state index >= 15 is 0 Å². The molecule has 2 aromatic rings. The molecule has 0 aliphatic carbocycles. The number of ether oxygens (including phenoxy) is 2. The standard InChI is InChI=1S/C16H22N6O3S/c1-4-22(8-10-5-6-11(24-2)12(7-10)25-3)13(23)9-26-16-20-14(17)19-15(18)21-16/h5-7H,4,8-9H2,1-3H3,(H4,17,18,19,20,21). The number of nitrogens with zero attached hydrogens (tertiary/aromatic N) is 4. The minimum Gasteiger partial charge on any atom is -0.493 e. The van der Waals surface area contributed by atoms with E-state index in [0.29, 0.717) is 29.7 Å². The van der Waals surface area contributed by atoms with Crippen molar-refractivity contribution >= 4 is 29.6 Å². The Hall–Kier alpha value is -2.75. The number of methoxy groups -OCH3 is 2. The predicted octanol–water partition coefficient (Wildman–Crippen LogP) is 1.19. The highest BCUT2D eigenvalue weighted by atomic mass is 32.2. The van der Waals surface area contributed by atoms with Crippen molar-refractivity contribution in [3.05, 3.63) is 23.8 Å². The van der Waals surface area contributed by atoms with E-state index < -0.39 is 0 Å². The molecule has 0 atom stereocenters. The van der Waals surface area contributed by atoms with Gasteiger partial charge in [-0.1, -0.05) is 17.8 Å². The quantitative estimate of drug-likeness (QED) is 0.651. The molecule has 26 heavy (non-hydrogen) atoms. The topological polar surface area (TPSA) is 129 Å². The lowest BCUT2D eigenvalue weighted by Crippen LogP contribution is -2.31. The van der Waals surface area contributed by atoms with E-state index in [-0.39, 0.29) is 23.6 Å². The minimum atomic E-state index is -0.0511. The van der Waals surface area contributed by atoms with Crippen LogP contribution in [0.25, 0.3) is 0 Å². The number of thioether (sulfide) groups is 1. The lowest BCUT2D eigenvalue weighted by atomic mass is 10.2. The van der Waals surface area contributed by atoms with Gasteiger partial charge < -0.3 is 25.8 Å². The van der Waals surface area contributed by atoms with Crippen LogP contribution in [0.2, 0.25) is 0 Å². The molecule has 4 N–H and O–H groups in total. The van der Waals surface area contributed by atoms with E-state index in [0.717, 1.165) is 5.56 Å². The fourth-order valence-corrected chi connectivity index (χ4v) is 3.00. The van der Waals surface area contributed by atoms with Crippen molar-refractivity contribution in [1.29, 1.82) is 0 Å². The molecule has 0 unspecified atom stereocenters. The fourth-order valence-electron chi connectivity index (χ4n) is 2.25. The molecule has 1 aromatic carbocycles. The Morgan fingerprint density at radius 2 is 1.77 bits per heavy atom. The van der Waals surface area contributed by atoms with Crippen LogP contribution >= 0.6 is 11.8 Å². The summed E-state index contributed by atoms with van der Waals surface area (Å²) in [6, 6.07) is 5.57. The van der Waals surface area contributed by atoms with Gasteiger partial charge in [-0.2, -0.15) is 15.0 Å². The van der Waals surface area contributed by atoms with Gasteiger partial charge in [0.2, 0.25) is 17.8 Å². The van der Waals surface area contributed by atoms with Gasteiger partial charge in [-0.05, 0) is 24.6 Å². The molecule has 0 fully saturated rings. The van der Waals surface area contributed by atoms with Crippen LogP contribution in [0.3, 0.4) is 0 Å². The van der Waals surface area contributed by atoms with Crippen LogP contribution in [-0.4, -0.2) is 52.3 Å². The number of amides is 1. The summed E-state index contributed by atoms with van der Waals surface area (Å²) < 4.78 is 10.5. The van der Waals surface area contributed by atoms with Gasteiger partial charge in [0.1, 0.15) is 0 Å². The molecule has 0 saturated carbocycles. The van der Waals surface area contributed by atoms with Crippen LogP contribution in [0.1, 0.15) is 12.5 Å². The molecule has 1 aromatic heterocycles. The zero-order valence-corrected chi connectivity index (χ0v) is 15.7. The molecule has 0 radical (unpaired) electrons. The van der Waals surface area contributed by atoms with Gasteiger partial charge in [0.15, 0.2) is 16.7 Å². The first-order valence-electron chi connectivity index (χ1n) is 7.85. The molecule has 0 aliphatic heterocycles. The van der Waals surface area contributed by atoms with Gasteiger partial charge in [0.25, 0.3) is 0 Å². The third kappa shape index (κ3) is 5.12. The Morgan fingerprint density at radius 3 is 2.35 bits per heavy atom. The highest BCUT2D eigenvalue weighted by Gasteiger charge is 2.15. The Bertz CT molecular complexity index is 753. The van der Waals surface area contributed by atoms with Crippen LogP contribution in [0.4, 0.5) is 11.9 Å². The molecular weight excluding hydrogens is 356 g/mol. The molecule has 0 saturated heterocycles. The van der Waals surface area contributed by atoms with Crippen molar-refractivity contribution in [3.8, 4) is 11.5 Å². The highest BCUT2D eigenvalue weighted by molar-refractivity contribution is 7.99. The maximum absolute atomic E-state index is 12.5. The second kappa shape index (κ2) is 9.09. The van der Waals surface area contributed by atoms with E-state index in [1.807, 2.05) is 25.1 Å². The van der Waals surface area contributed by atoms with E-state index in [4.69, 9.17) is 20.9 Å².